The highest BCUT2D eigenvalue weighted by molar-refractivity contribution is 5.66. The third-order valence-corrected chi connectivity index (χ3v) is 3.24. The van der Waals surface area contributed by atoms with Crippen LogP contribution in [0.25, 0.3) is 11.3 Å². The molecule has 1 aromatic carbocycles. The average Bonchev–Trinajstić information content (AvgIpc) is 2.53. The molecule has 2 heterocycles. The van der Waals surface area contributed by atoms with Crippen molar-refractivity contribution < 1.29 is 22.6 Å². The standard InChI is InChI=1S/C15H10F3N3O2/c16-15(17,18)23-10-5-3-9(4-6-10)13-11-2-1-7-22-14(11)21-12(8-19)20-13/h3-6H,1-2,7H2. The van der Waals surface area contributed by atoms with E-state index < -0.39 is 6.36 Å². The predicted octanol–water partition coefficient (Wildman–Crippen LogP) is 3.24. The molecule has 3 rings (SSSR count). The third-order valence-electron chi connectivity index (χ3n) is 3.24. The second kappa shape index (κ2) is 5.76. The fourth-order valence-electron chi connectivity index (χ4n) is 2.33. The molecular formula is C15H10F3N3O2. The first kappa shape index (κ1) is 15.1. The summed E-state index contributed by atoms with van der Waals surface area (Å²) in [7, 11) is 0. The number of hydrogen-bond donors (Lipinski definition) is 0. The van der Waals surface area contributed by atoms with E-state index in [0.29, 0.717) is 30.2 Å². The summed E-state index contributed by atoms with van der Waals surface area (Å²) in [6.45, 7) is 0.507. The van der Waals surface area contributed by atoms with Crippen molar-refractivity contribution in [3.8, 4) is 29.0 Å². The quantitative estimate of drug-likeness (QED) is 0.849. The van der Waals surface area contributed by atoms with Crippen LogP contribution in [0.5, 0.6) is 11.6 Å². The summed E-state index contributed by atoms with van der Waals surface area (Å²) in [6.07, 6.45) is -3.28. The van der Waals surface area contributed by atoms with E-state index in [1.807, 2.05) is 6.07 Å². The van der Waals surface area contributed by atoms with Gasteiger partial charge in [0.2, 0.25) is 11.7 Å². The molecule has 0 bridgehead atoms. The monoisotopic (exact) mass is 321 g/mol. The summed E-state index contributed by atoms with van der Waals surface area (Å²) >= 11 is 0. The largest absolute Gasteiger partial charge is 0.573 e. The average molecular weight is 321 g/mol. The second-order valence-corrected chi connectivity index (χ2v) is 4.82. The molecule has 1 aliphatic heterocycles. The van der Waals surface area contributed by atoms with Crippen LogP contribution in [0.4, 0.5) is 13.2 Å². The number of alkyl halides is 3. The van der Waals surface area contributed by atoms with Gasteiger partial charge in [-0.25, -0.2) is 4.98 Å². The number of halogens is 3. The van der Waals surface area contributed by atoms with Crippen molar-refractivity contribution in [1.82, 2.24) is 9.97 Å². The maximum absolute atomic E-state index is 12.2. The normalized spacial score (nSPS) is 13.7. The molecule has 0 unspecified atom stereocenters. The summed E-state index contributed by atoms with van der Waals surface area (Å²) in [4.78, 5) is 8.18. The van der Waals surface area contributed by atoms with Crippen LogP contribution in [0.2, 0.25) is 0 Å². The highest BCUT2D eigenvalue weighted by Gasteiger charge is 2.31. The molecule has 1 aliphatic rings. The molecule has 0 saturated carbocycles. The van der Waals surface area contributed by atoms with Gasteiger partial charge in [0, 0.05) is 11.1 Å². The number of ether oxygens (including phenoxy) is 2. The van der Waals surface area contributed by atoms with E-state index in [0.717, 1.165) is 12.0 Å². The van der Waals surface area contributed by atoms with Gasteiger partial charge in [-0.15, -0.1) is 13.2 Å². The van der Waals surface area contributed by atoms with Gasteiger partial charge in [0.05, 0.1) is 12.3 Å². The molecule has 0 N–H and O–H groups in total. The van der Waals surface area contributed by atoms with E-state index >= 15 is 0 Å². The molecule has 0 amide bonds. The van der Waals surface area contributed by atoms with Crippen LogP contribution in [-0.4, -0.2) is 22.9 Å². The molecule has 2 aromatic rings. The minimum Gasteiger partial charge on any atom is -0.477 e. The number of nitrogens with zero attached hydrogens (tertiary/aromatic N) is 3. The first-order valence-corrected chi connectivity index (χ1v) is 6.76. The number of rotatable bonds is 2. The van der Waals surface area contributed by atoms with Gasteiger partial charge >= 0.3 is 6.36 Å². The zero-order chi connectivity index (χ0) is 16.4. The van der Waals surface area contributed by atoms with Gasteiger partial charge < -0.3 is 9.47 Å². The Bertz CT molecular complexity index is 767. The lowest BCUT2D eigenvalue weighted by atomic mass is 10.0. The minimum atomic E-state index is -4.74. The van der Waals surface area contributed by atoms with Crippen LogP contribution >= 0.6 is 0 Å². The molecule has 5 nitrogen and oxygen atoms in total. The smallest absolute Gasteiger partial charge is 0.477 e. The van der Waals surface area contributed by atoms with Crippen molar-refractivity contribution >= 4 is 0 Å². The number of fused-ring (bicyclic) bond motifs is 1. The molecule has 23 heavy (non-hydrogen) atoms. The maximum Gasteiger partial charge on any atom is 0.573 e. The molecule has 118 valence electrons. The summed E-state index contributed by atoms with van der Waals surface area (Å²) in [6, 6.07) is 7.17. The Balaban J connectivity index is 2.00. The van der Waals surface area contributed by atoms with E-state index in [1.165, 1.54) is 24.3 Å². The van der Waals surface area contributed by atoms with Crippen molar-refractivity contribution in [3.05, 3.63) is 35.7 Å². The van der Waals surface area contributed by atoms with E-state index in [2.05, 4.69) is 14.7 Å². The zero-order valence-electron chi connectivity index (χ0n) is 11.7. The van der Waals surface area contributed by atoms with E-state index in [1.54, 1.807) is 0 Å². The Labute approximate surface area is 129 Å². The first-order valence-electron chi connectivity index (χ1n) is 6.76. The van der Waals surface area contributed by atoms with Gasteiger partial charge in [-0.2, -0.15) is 10.2 Å². The topological polar surface area (TPSA) is 68.0 Å². The molecule has 0 aliphatic carbocycles. The van der Waals surface area contributed by atoms with Crippen LogP contribution in [0, 0.1) is 11.3 Å². The lowest BCUT2D eigenvalue weighted by molar-refractivity contribution is -0.274. The predicted molar refractivity (Wildman–Crippen MR) is 72.7 cm³/mol. The van der Waals surface area contributed by atoms with E-state index in [4.69, 9.17) is 10.00 Å². The molecule has 8 heteroatoms. The van der Waals surface area contributed by atoms with E-state index in [9.17, 15) is 13.2 Å². The maximum atomic E-state index is 12.2. The number of nitriles is 1. The van der Waals surface area contributed by atoms with Crippen molar-refractivity contribution in [3.63, 3.8) is 0 Å². The van der Waals surface area contributed by atoms with Crippen molar-refractivity contribution in [2.75, 3.05) is 6.61 Å². The Morgan fingerprint density at radius 3 is 2.57 bits per heavy atom. The molecular weight excluding hydrogens is 311 g/mol. The Kier molecular flexibility index (Phi) is 3.78. The third kappa shape index (κ3) is 3.34. The number of hydrogen-bond acceptors (Lipinski definition) is 5. The summed E-state index contributed by atoms with van der Waals surface area (Å²) in [5, 5.41) is 9.01. The minimum absolute atomic E-state index is 0.0451. The summed E-state index contributed by atoms with van der Waals surface area (Å²) in [5.41, 5.74) is 1.81. The lowest BCUT2D eigenvalue weighted by Crippen LogP contribution is -2.17. The molecule has 0 spiro atoms. The molecule has 0 atom stereocenters. The van der Waals surface area contributed by atoms with Crippen LogP contribution in [-0.2, 0) is 6.42 Å². The SMILES string of the molecule is N#Cc1nc2c(c(-c3ccc(OC(F)(F)F)cc3)n1)CCCO2. The number of benzene rings is 1. The van der Waals surface area contributed by atoms with Crippen LogP contribution in [0.1, 0.15) is 17.8 Å². The number of aromatic nitrogens is 2. The fourth-order valence-corrected chi connectivity index (χ4v) is 2.33. The van der Waals surface area contributed by atoms with Gasteiger partial charge in [0.15, 0.2) is 0 Å². The first-order chi connectivity index (χ1) is 11.0. The van der Waals surface area contributed by atoms with E-state index in [-0.39, 0.29) is 11.6 Å². The van der Waals surface area contributed by atoms with Crippen LogP contribution in [0.3, 0.4) is 0 Å². The highest BCUT2D eigenvalue weighted by atomic mass is 19.4. The van der Waals surface area contributed by atoms with Crippen molar-refractivity contribution in [1.29, 1.82) is 5.26 Å². The molecule has 1 aromatic heterocycles. The van der Waals surface area contributed by atoms with Gasteiger partial charge in [-0.1, -0.05) is 0 Å². The van der Waals surface area contributed by atoms with Gasteiger partial charge in [-0.05, 0) is 37.1 Å². The molecule has 0 radical (unpaired) electrons. The van der Waals surface area contributed by atoms with Crippen molar-refractivity contribution in [2.45, 2.75) is 19.2 Å². The Morgan fingerprint density at radius 2 is 1.91 bits per heavy atom. The fraction of sp³-hybridized carbons (Fsp3) is 0.267. The van der Waals surface area contributed by atoms with Gasteiger partial charge in [0.1, 0.15) is 11.8 Å². The molecule has 0 saturated heterocycles. The Morgan fingerprint density at radius 1 is 1.17 bits per heavy atom. The second-order valence-electron chi connectivity index (χ2n) is 4.82. The Hall–Kier alpha value is -2.82. The van der Waals surface area contributed by atoms with Gasteiger partial charge in [0.25, 0.3) is 0 Å². The van der Waals surface area contributed by atoms with Gasteiger partial charge in [-0.3, -0.25) is 0 Å². The summed E-state index contributed by atoms with van der Waals surface area (Å²) < 4.78 is 45.9. The van der Waals surface area contributed by atoms with Crippen LogP contribution < -0.4 is 9.47 Å². The van der Waals surface area contributed by atoms with Crippen LogP contribution in [0.15, 0.2) is 24.3 Å². The molecule has 0 fully saturated rings. The summed E-state index contributed by atoms with van der Waals surface area (Å²) in [5.74, 6) is -0.00869. The zero-order valence-corrected chi connectivity index (χ0v) is 11.7. The van der Waals surface area contributed by atoms with Crippen molar-refractivity contribution in [2.24, 2.45) is 0 Å². The highest BCUT2D eigenvalue weighted by Crippen LogP contribution is 2.33. The lowest BCUT2D eigenvalue weighted by Gasteiger charge is -2.18.